The Morgan fingerprint density at radius 2 is 2.09 bits per heavy atom. The average molecular weight is 331 g/mol. The van der Waals surface area contributed by atoms with Crippen LogP contribution < -0.4 is 0 Å². The Bertz CT molecular complexity index is 744. The van der Waals surface area contributed by atoms with E-state index in [2.05, 4.69) is 4.98 Å². The van der Waals surface area contributed by atoms with Gasteiger partial charge in [0.2, 0.25) is 5.91 Å². The normalized spacial score (nSPS) is 16.9. The van der Waals surface area contributed by atoms with Crippen LogP contribution in [0.1, 0.15) is 11.1 Å². The van der Waals surface area contributed by atoms with E-state index in [0.29, 0.717) is 13.0 Å². The van der Waals surface area contributed by atoms with Gasteiger partial charge in [0, 0.05) is 32.4 Å². The van der Waals surface area contributed by atoms with E-state index in [1.165, 1.54) is 16.7 Å². The minimum atomic E-state index is -0.963. The first kappa shape index (κ1) is 15.6. The highest BCUT2D eigenvalue weighted by atomic mass is 32.2. The molecule has 7 heteroatoms. The van der Waals surface area contributed by atoms with E-state index < -0.39 is 12.0 Å². The van der Waals surface area contributed by atoms with Gasteiger partial charge in [0.05, 0.1) is 5.75 Å². The number of hydrogen-bond acceptors (Lipinski definition) is 4. The van der Waals surface area contributed by atoms with E-state index in [0.717, 1.165) is 16.3 Å². The second-order valence-electron chi connectivity index (χ2n) is 5.46. The number of aryl methyl sites for hydroxylation is 1. The summed E-state index contributed by atoms with van der Waals surface area (Å²) in [5.41, 5.74) is 2.01. The van der Waals surface area contributed by atoms with Gasteiger partial charge in [0.25, 0.3) is 0 Å². The number of aromatic nitrogens is 2. The third-order valence-electron chi connectivity index (χ3n) is 3.96. The molecule has 0 unspecified atom stereocenters. The van der Waals surface area contributed by atoms with Gasteiger partial charge >= 0.3 is 5.97 Å². The van der Waals surface area contributed by atoms with Crippen molar-refractivity contribution in [1.82, 2.24) is 14.5 Å². The van der Waals surface area contributed by atoms with Crippen LogP contribution in [-0.2, 0) is 29.6 Å². The summed E-state index contributed by atoms with van der Waals surface area (Å²) < 4.78 is 1.83. The quantitative estimate of drug-likeness (QED) is 0.860. The van der Waals surface area contributed by atoms with Crippen molar-refractivity contribution in [2.24, 2.45) is 7.05 Å². The van der Waals surface area contributed by atoms with Gasteiger partial charge in [0.1, 0.15) is 6.04 Å². The monoisotopic (exact) mass is 331 g/mol. The maximum atomic E-state index is 12.5. The second-order valence-corrected chi connectivity index (χ2v) is 6.40. The zero-order chi connectivity index (χ0) is 16.4. The molecular weight excluding hydrogens is 314 g/mol. The molecule has 23 heavy (non-hydrogen) atoms. The van der Waals surface area contributed by atoms with E-state index in [1.807, 2.05) is 42.1 Å². The first-order valence-corrected chi connectivity index (χ1v) is 8.24. The number of benzene rings is 1. The number of imidazole rings is 1. The van der Waals surface area contributed by atoms with Crippen molar-refractivity contribution in [3.63, 3.8) is 0 Å². The van der Waals surface area contributed by atoms with Gasteiger partial charge in [-0.05, 0) is 11.1 Å². The number of carbonyl (C=O) groups excluding carboxylic acids is 1. The zero-order valence-electron chi connectivity index (χ0n) is 12.7. The Hall–Kier alpha value is -2.28. The van der Waals surface area contributed by atoms with Crippen molar-refractivity contribution in [2.45, 2.75) is 24.2 Å². The molecule has 0 saturated carbocycles. The number of aliphatic carboxylic acids is 1. The lowest BCUT2D eigenvalue weighted by Gasteiger charge is -2.34. The van der Waals surface area contributed by atoms with Gasteiger partial charge in [-0.1, -0.05) is 36.0 Å². The van der Waals surface area contributed by atoms with Crippen LogP contribution in [-0.4, -0.2) is 43.2 Å². The van der Waals surface area contributed by atoms with Crippen molar-refractivity contribution in [3.05, 3.63) is 47.8 Å². The third-order valence-corrected chi connectivity index (χ3v) is 5.00. The number of rotatable bonds is 4. The molecule has 6 nitrogen and oxygen atoms in total. The summed E-state index contributed by atoms with van der Waals surface area (Å²) in [6.07, 6.45) is 3.83. The van der Waals surface area contributed by atoms with Crippen molar-refractivity contribution in [1.29, 1.82) is 0 Å². The highest BCUT2D eigenvalue weighted by molar-refractivity contribution is 7.99. The number of thioether (sulfide) groups is 1. The highest BCUT2D eigenvalue weighted by Crippen LogP contribution is 2.25. The number of fused-ring (bicyclic) bond motifs is 1. The summed E-state index contributed by atoms with van der Waals surface area (Å²) in [6.45, 7) is 0.340. The Morgan fingerprint density at radius 1 is 1.35 bits per heavy atom. The van der Waals surface area contributed by atoms with Gasteiger partial charge < -0.3 is 14.6 Å². The molecule has 0 radical (unpaired) electrons. The summed E-state index contributed by atoms with van der Waals surface area (Å²) in [6, 6.07) is 6.87. The lowest BCUT2D eigenvalue weighted by Crippen LogP contribution is -2.49. The molecule has 1 aliphatic heterocycles. The van der Waals surface area contributed by atoms with Crippen molar-refractivity contribution < 1.29 is 14.7 Å². The molecule has 0 bridgehead atoms. The molecule has 0 aliphatic carbocycles. The summed E-state index contributed by atoms with van der Waals surface area (Å²) in [5.74, 6) is -0.966. The Kier molecular flexibility index (Phi) is 4.38. The Balaban J connectivity index is 1.75. The first-order valence-electron chi connectivity index (χ1n) is 7.25. The molecule has 1 aromatic heterocycles. The average Bonchev–Trinajstić information content (AvgIpc) is 2.96. The van der Waals surface area contributed by atoms with Crippen molar-refractivity contribution in [3.8, 4) is 0 Å². The molecule has 2 heterocycles. The molecule has 0 fully saturated rings. The molecule has 0 spiro atoms. The predicted molar refractivity (Wildman–Crippen MR) is 86.1 cm³/mol. The molecule has 3 rings (SSSR count). The number of nitrogens with zero attached hydrogens (tertiary/aromatic N) is 3. The molecule has 120 valence electrons. The van der Waals surface area contributed by atoms with Crippen LogP contribution in [0.4, 0.5) is 0 Å². The van der Waals surface area contributed by atoms with Crippen LogP contribution in [0.25, 0.3) is 0 Å². The van der Waals surface area contributed by atoms with Gasteiger partial charge in [0.15, 0.2) is 5.16 Å². The number of hydrogen-bond donors (Lipinski definition) is 1. The smallest absolute Gasteiger partial charge is 0.326 e. The molecule has 1 aromatic carbocycles. The maximum absolute atomic E-state index is 12.5. The lowest BCUT2D eigenvalue weighted by molar-refractivity contribution is -0.150. The fourth-order valence-corrected chi connectivity index (χ4v) is 3.52. The number of carbonyl (C=O) groups is 2. The van der Waals surface area contributed by atoms with E-state index in [4.69, 9.17) is 0 Å². The van der Waals surface area contributed by atoms with Gasteiger partial charge in [-0.25, -0.2) is 9.78 Å². The van der Waals surface area contributed by atoms with E-state index in [-0.39, 0.29) is 11.7 Å². The van der Waals surface area contributed by atoms with Crippen LogP contribution in [0, 0.1) is 0 Å². The molecule has 0 saturated heterocycles. The highest BCUT2D eigenvalue weighted by Gasteiger charge is 2.34. The minimum Gasteiger partial charge on any atom is -0.480 e. The minimum absolute atomic E-state index is 0.177. The zero-order valence-corrected chi connectivity index (χ0v) is 13.5. The molecular formula is C16H17N3O3S. The van der Waals surface area contributed by atoms with Crippen LogP contribution in [0.2, 0.25) is 0 Å². The maximum Gasteiger partial charge on any atom is 0.326 e. The third kappa shape index (κ3) is 3.24. The summed E-state index contributed by atoms with van der Waals surface area (Å²) in [7, 11) is 1.86. The van der Waals surface area contributed by atoms with Crippen LogP contribution in [0.15, 0.2) is 41.8 Å². The number of carboxylic acids is 1. The standard InChI is InChI=1S/C16H17N3O3S/c1-18-7-6-17-16(18)23-10-14(20)19-9-12-5-3-2-4-11(12)8-13(19)15(21)22/h2-7,13H,8-10H2,1H3,(H,21,22)/t13-/m1/s1. The molecule has 1 aliphatic rings. The van der Waals surface area contributed by atoms with Gasteiger partial charge in [-0.2, -0.15) is 0 Å². The Morgan fingerprint density at radius 3 is 2.74 bits per heavy atom. The Labute approximate surface area is 138 Å². The van der Waals surface area contributed by atoms with Crippen molar-refractivity contribution in [2.75, 3.05) is 5.75 Å². The number of carboxylic acid groups (broad SMARTS) is 1. The summed E-state index contributed by atoms with van der Waals surface area (Å²) in [4.78, 5) is 29.7. The van der Waals surface area contributed by atoms with Gasteiger partial charge in [-0.3, -0.25) is 4.79 Å². The largest absolute Gasteiger partial charge is 0.480 e. The lowest BCUT2D eigenvalue weighted by atomic mass is 9.94. The van der Waals surface area contributed by atoms with E-state index in [1.54, 1.807) is 6.20 Å². The molecule has 2 aromatic rings. The topological polar surface area (TPSA) is 75.4 Å². The second kappa shape index (κ2) is 6.45. The van der Waals surface area contributed by atoms with Crippen LogP contribution >= 0.6 is 11.8 Å². The van der Waals surface area contributed by atoms with E-state index >= 15 is 0 Å². The fourth-order valence-electron chi connectivity index (χ4n) is 2.71. The SMILES string of the molecule is Cn1ccnc1SCC(=O)N1Cc2ccccc2C[C@@H]1C(=O)O. The summed E-state index contributed by atoms with van der Waals surface area (Å²) >= 11 is 1.32. The van der Waals surface area contributed by atoms with Gasteiger partial charge in [-0.15, -0.1) is 0 Å². The molecule has 1 atom stereocenters. The fraction of sp³-hybridized carbons (Fsp3) is 0.312. The number of amides is 1. The van der Waals surface area contributed by atoms with Crippen LogP contribution in [0.3, 0.4) is 0 Å². The van der Waals surface area contributed by atoms with Crippen LogP contribution in [0.5, 0.6) is 0 Å². The first-order chi connectivity index (χ1) is 11.1. The molecule has 1 N–H and O–H groups in total. The summed E-state index contributed by atoms with van der Waals surface area (Å²) in [5, 5.41) is 10.2. The van der Waals surface area contributed by atoms with Crippen molar-refractivity contribution >= 4 is 23.6 Å². The van der Waals surface area contributed by atoms with E-state index in [9.17, 15) is 14.7 Å². The predicted octanol–water partition coefficient (Wildman–Crippen LogP) is 1.55. The molecule has 1 amide bonds.